The molecule has 1 aliphatic rings. The number of esters is 1. The van der Waals surface area contributed by atoms with Crippen molar-refractivity contribution in [1.29, 1.82) is 0 Å². The van der Waals surface area contributed by atoms with E-state index in [1.165, 1.54) is 18.4 Å². The minimum atomic E-state index is -0.695. The third-order valence-electron chi connectivity index (χ3n) is 5.33. The molecule has 0 fully saturated rings. The first-order valence-corrected chi connectivity index (χ1v) is 11.6. The Kier molecular flexibility index (Phi) is 7.12. The lowest BCUT2D eigenvalue weighted by Gasteiger charge is -2.21. The lowest BCUT2D eigenvalue weighted by Crippen LogP contribution is -2.36. The van der Waals surface area contributed by atoms with Gasteiger partial charge in [0.05, 0.1) is 38.3 Å². The highest BCUT2D eigenvalue weighted by molar-refractivity contribution is 7.12. The van der Waals surface area contributed by atoms with E-state index < -0.39 is 11.8 Å². The number of thiophene rings is 1. The molecule has 3 heterocycles. The van der Waals surface area contributed by atoms with E-state index in [0.717, 1.165) is 23.9 Å². The quantitative estimate of drug-likeness (QED) is 0.450. The average molecular weight is 501 g/mol. The third kappa shape index (κ3) is 5.17. The van der Waals surface area contributed by atoms with Crippen LogP contribution in [0.5, 0.6) is 5.75 Å². The van der Waals surface area contributed by atoms with E-state index in [2.05, 4.69) is 20.6 Å². The number of amides is 1. The first-order chi connectivity index (χ1) is 16.8. The highest BCUT2D eigenvalue weighted by atomic mass is 32.1. The minimum absolute atomic E-state index is 0.00782. The second-order valence-electron chi connectivity index (χ2n) is 8.01. The van der Waals surface area contributed by atoms with Gasteiger partial charge >= 0.3 is 5.97 Å². The molecule has 0 unspecified atom stereocenters. The Labute approximate surface area is 205 Å². The molecule has 1 aromatic carbocycles. The lowest BCUT2D eigenvalue weighted by molar-refractivity contribution is -0.119. The van der Waals surface area contributed by atoms with Crippen molar-refractivity contribution in [1.82, 2.24) is 14.9 Å². The van der Waals surface area contributed by atoms with Gasteiger partial charge in [0.15, 0.2) is 11.6 Å². The molecule has 1 amide bonds. The Morgan fingerprint density at radius 3 is 2.74 bits per heavy atom. The van der Waals surface area contributed by atoms with Crippen LogP contribution in [0, 0.1) is 5.82 Å². The van der Waals surface area contributed by atoms with Gasteiger partial charge < -0.3 is 29.9 Å². The van der Waals surface area contributed by atoms with Crippen LogP contribution in [0.1, 0.15) is 15.2 Å². The van der Waals surface area contributed by atoms with Crippen molar-refractivity contribution in [3.05, 3.63) is 46.0 Å². The van der Waals surface area contributed by atoms with Gasteiger partial charge in [-0.05, 0) is 49.7 Å². The molecule has 0 bridgehead atoms. The Bertz CT molecular complexity index is 1260. The van der Waals surface area contributed by atoms with Crippen molar-refractivity contribution < 1.29 is 23.5 Å². The van der Waals surface area contributed by atoms with Gasteiger partial charge in [-0.1, -0.05) is 0 Å². The number of hydrogen-bond acceptors (Lipinski definition) is 10. The van der Waals surface area contributed by atoms with Gasteiger partial charge in [-0.25, -0.2) is 14.2 Å². The van der Waals surface area contributed by atoms with Crippen LogP contribution in [0.2, 0.25) is 0 Å². The molecule has 184 valence electrons. The van der Waals surface area contributed by atoms with E-state index >= 15 is 0 Å². The van der Waals surface area contributed by atoms with Crippen LogP contribution >= 0.6 is 11.3 Å². The van der Waals surface area contributed by atoms with Gasteiger partial charge in [-0.3, -0.25) is 4.79 Å². The standard InChI is InChI=1S/C23H25FN6O4S/c1-29(2)12-19(31)30-7-5-13-9-18(33-3)16(10-17(13)30)27-23-25-11-14(24)21(28-23)26-15-6-8-35-20(15)22(32)34-4/h6,8-11H,5,7,12H2,1-4H3,(H2,25,26,27,28). The van der Waals surface area contributed by atoms with Crippen molar-refractivity contribution in [2.75, 3.05) is 56.9 Å². The number of fused-ring (bicyclic) bond motifs is 1. The summed E-state index contributed by atoms with van der Waals surface area (Å²) in [4.78, 5) is 36.8. The summed E-state index contributed by atoms with van der Waals surface area (Å²) < 4.78 is 24.8. The number of halogens is 1. The molecular formula is C23H25FN6O4S. The number of ether oxygens (including phenoxy) is 2. The number of nitrogens with zero attached hydrogens (tertiary/aromatic N) is 4. The number of methoxy groups -OCH3 is 2. The third-order valence-corrected chi connectivity index (χ3v) is 6.22. The first kappa shape index (κ1) is 24.4. The molecule has 2 aromatic heterocycles. The number of benzene rings is 1. The van der Waals surface area contributed by atoms with Crippen LogP contribution in [0.4, 0.5) is 33.2 Å². The predicted octanol–water partition coefficient (Wildman–Crippen LogP) is 3.41. The summed E-state index contributed by atoms with van der Waals surface area (Å²) in [5.41, 5.74) is 2.67. The number of rotatable bonds is 8. The SMILES string of the molecule is COC(=O)c1sccc1Nc1nc(Nc2cc3c(cc2OC)CCN3C(=O)CN(C)C)ncc1F. The Morgan fingerprint density at radius 2 is 2.03 bits per heavy atom. The average Bonchev–Trinajstić information content (AvgIpc) is 3.46. The zero-order valence-electron chi connectivity index (χ0n) is 19.7. The first-order valence-electron chi connectivity index (χ1n) is 10.7. The molecule has 0 saturated heterocycles. The Hall–Kier alpha value is -3.77. The molecule has 3 aromatic rings. The van der Waals surface area contributed by atoms with Gasteiger partial charge in [0, 0.05) is 12.2 Å². The van der Waals surface area contributed by atoms with Crippen molar-refractivity contribution >= 4 is 52.0 Å². The molecule has 1 aliphatic heterocycles. The van der Waals surface area contributed by atoms with E-state index in [-0.39, 0.29) is 17.7 Å². The summed E-state index contributed by atoms with van der Waals surface area (Å²) in [5.74, 6) is -0.712. The molecular weight excluding hydrogens is 475 g/mol. The lowest BCUT2D eigenvalue weighted by atomic mass is 10.1. The summed E-state index contributed by atoms with van der Waals surface area (Å²) >= 11 is 1.17. The number of hydrogen-bond donors (Lipinski definition) is 2. The van der Waals surface area contributed by atoms with Crippen LogP contribution in [0.3, 0.4) is 0 Å². The van der Waals surface area contributed by atoms with Crippen LogP contribution in [0.25, 0.3) is 0 Å². The smallest absolute Gasteiger partial charge is 0.350 e. The van der Waals surface area contributed by atoms with Gasteiger partial charge in [0.2, 0.25) is 11.9 Å². The minimum Gasteiger partial charge on any atom is -0.495 e. The van der Waals surface area contributed by atoms with Crippen LogP contribution in [0.15, 0.2) is 29.8 Å². The van der Waals surface area contributed by atoms with Crippen LogP contribution in [-0.2, 0) is 16.0 Å². The fourth-order valence-electron chi connectivity index (χ4n) is 3.72. The highest BCUT2D eigenvalue weighted by Gasteiger charge is 2.27. The molecule has 0 spiro atoms. The van der Waals surface area contributed by atoms with Crippen molar-refractivity contribution in [3.63, 3.8) is 0 Å². The fraction of sp³-hybridized carbons (Fsp3) is 0.304. The summed E-state index contributed by atoms with van der Waals surface area (Å²) in [6.45, 7) is 0.874. The fourth-order valence-corrected chi connectivity index (χ4v) is 4.48. The van der Waals surface area contributed by atoms with E-state index in [1.54, 1.807) is 23.5 Å². The maximum atomic E-state index is 14.5. The van der Waals surface area contributed by atoms with Crippen molar-refractivity contribution in [2.24, 2.45) is 0 Å². The normalized spacial score (nSPS) is 12.5. The van der Waals surface area contributed by atoms with Crippen LogP contribution < -0.4 is 20.3 Å². The predicted molar refractivity (Wildman–Crippen MR) is 132 cm³/mol. The monoisotopic (exact) mass is 500 g/mol. The zero-order valence-corrected chi connectivity index (χ0v) is 20.5. The topological polar surface area (TPSA) is 109 Å². The maximum absolute atomic E-state index is 14.5. The van der Waals surface area contributed by atoms with Gasteiger partial charge in [0.1, 0.15) is 10.6 Å². The largest absolute Gasteiger partial charge is 0.495 e. The molecule has 10 nitrogen and oxygen atoms in total. The number of nitrogens with one attached hydrogen (secondary N) is 2. The maximum Gasteiger partial charge on any atom is 0.350 e. The second-order valence-corrected chi connectivity index (χ2v) is 8.93. The number of likely N-dealkylation sites (N-methyl/N-ethyl adjacent to an activating group) is 1. The Morgan fingerprint density at radius 1 is 1.23 bits per heavy atom. The van der Waals surface area contributed by atoms with Gasteiger partial charge in [-0.15, -0.1) is 11.3 Å². The zero-order chi connectivity index (χ0) is 25.1. The number of aromatic nitrogens is 2. The van der Waals surface area contributed by atoms with Crippen LogP contribution in [-0.4, -0.2) is 68.1 Å². The van der Waals surface area contributed by atoms with Crippen molar-refractivity contribution in [3.8, 4) is 5.75 Å². The van der Waals surface area contributed by atoms with E-state index in [0.29, 0.717) is 35.1 Å². The number of anilines is 5. The molecule has 0 saturated carbocycles. The highest BCUT2D eigenvalue weighted by Crippen LogP contribution is 2.38. The summed E-state index contributed by atoms with van der Waals surface area (Å²) in [5, 5.41) is 7.57. The Balaban J connectivity index is 1.62. The molecule has 35 heavy (non-hydrogen) atoms. The molecule has 4 rings (SSSR count). The number of carbonyl (C=O) groups is 2. The summed E-state index contributed by atoms with van der Waals surface area (Å²) in [7, 11) is 6.51. The van der Waals surface area contributed by atoms with E-state index in [4.69, 9.17) is 9.47 Å². The van der Waals surface area contributed by atoms with E-state index in [9.17, 15) is 14.0 Å². The van der Waals surface area contributed by atoms with Crippen molar-refractivity contribution in [2.45, 2.75) is 6.42 Å². The number of carbonyl (C=O) groups excluding carboxylic acids is 2. The second kappa shape index (κ2) is 10.2. The van der Waals surface area contributed by atoms with E-state index in [1.807, 2.05) is 31.1 Å². The molecule has 2 N–H and O–H groups in total. The van der Waals surface area contributed by atoms with Gasteiger partial charge in [0.25, 0.3) is 0 Å². The summed E-state index contributed by atoms with van der Waals surface area (Å²) in [6.07, 6.45) is 1.74. The van der Waals surface area contributed by atoms with Gasteiger partial charge in [-0.2, -0.15) is 4.98 Å². The molecule has 0 aliphatic carbocycles. The molecule has 0 radical (unpaired) electrons. The molecule has 0 atom stereocenters. The summed E-state index contributed by atoms with van der Waals surface area (Å²) in [6, 6.07) is 5.31. The molecule has 12 heteroatoms.